The molecule has 154 valence electrons. The first-order chi connectivity index (χ1) is 14.3. The lowest BCUT2D eigenvalue weighted by molar-refractivity contribution is 0.865. The second kappa shape index (κ2) is 9.17. The largest absolute Gasteiger partial charge is 0.251 e. The molecule has 0 N–H and O–H groups in total. The number of pyridine rings is 1. The number of benzene rings is 2. The summed E-state index contributed by atoms with van der Waals surface area (Å²) in [5.74, 6) is 0.419. The van der Waals surface area contributed by atoms with Crippen LogP contribution in [-0.2, 0) is 0 Å². The minimum absolute atomic E-state index is 0.419. The van der Waals surface area contributed by atoms with E-state index in [-0.39, 0.29) is 0 Å². The van der Waals surface area contributed by atoms with Crippen molar-refractivity contribution in [1.29, 1.82) is 0 Å². The quantitative estimate of drug-likeness (QED) is 0.413. The van der Waals surface area contributed by atoms with Crippen LogP contribution in [0.25, 0.3) is 0 Å². The van der Waals surface area contributed by atoms with Crippen LogP contribution in [-0.4, -0.2) is 16.4 Å². The van der Waals surface area contributed by atoms with Crippen molar-refractivity contribution in [3.63, 3.8) is 0 Å². The average Bonchev–Trinajstić information content (AvgIpc) is 2.72. The smallest absolute Gasteiger partial charge is 0.0849 e. The van der Waals surface area contributed by atoms with Crippen molar-refractivity contribution in [3.8, 4) is 0 Å². The third kappa shape index (κ3) is 4.91. The van der Waals surface area contributed by atoms with E-state index >= 15 is 0 Å². The molecule has 3 heteroatoms. The van der Waals surface area contributed by atoms with Gasteiger partial charge in [-0.1, -0.05) is 55.8 Å². The summed E-state index contributed by atoms with van der Waals surface area (Å²) in [4.78, 5) is 14.6. The molecule has 1 heterocycles. The Morgan fingerprint density at radius 1 is 0.767 bits per heavy atom. The molecule has 0 aliphatic rings. The molecule has 3 aromatic rings. The summed E-state index contributed by atoms with van der Waals surface area (Å²) in [6.07, 6.45) is 0. The van der Waals surface area contributed by atoms with Crippen LogP contribution in [0.15, 0.2) is 64.6 Å². The molecular weight excluding hydrogens is 366 g/mol. The number of para-hydroxylation sites is 1. The molecule has 0 fully saturated rings. The highest BCUT2D eigenvalue weighted by Crippen LogP contribution is 2.28. The van der Waals surface area contributed by atoms with Gasteiger partial charge in [0, 0.05) is 0 Å². The zero-order valence-corrected chi connectivity index (χ0v) is 19.1. The van der Waals surface area contributed by atoms with E-state index in [2.05, 4.69) is 71.0 Å². The van der Waals surface area contributed by atoms with Crippen LogP contribution in [0.5, 0.6) is 0 Å². The summed E-state index contributed by atoms with van der Waals surface area (Å²) < 4.78 is 0. The molecule has 0 unspecified atom stereocenters. The van der Waals surface area contributed by atoms with Gasteiger partial charge in [0.15, 0.2) is 0 Å². The summed E-state index contributed by atoms with van der Waals surface area (Å²) in [5, 5.41) is 0. The van der Waals surface area contributed by atoms with E-state index in [9.17, 15) is 0 Å². The summed E-state index contributed by atoms with van der Waals surface area (Å²) in [6.45, 7) is 14.7. The van der Waals surface area contributed by atoms with Gasteiger partial charge in [-0.3, -0.25) is 9.98 Å². The molecule has 3 nitrogen and oxygen atoms in total. The molecule has 0 amide bonds. The minimum atomic E-state index is 0.419. The van der Waals surface area contributed by atoms with Gasteiger partial charge in [-0.25, -0.2) is 4.98 Å². The number of rotatable bonds is 5. The van der Waals surface area contributed by atoms with Gasteiger partial charge in [0.25, 0.3) is 0 Å². The monoisotopic (exact) mass is 397 g/mol. The van der Waals surface area contributed by atoms with E-state index in [1.165, 1.54) is 22.3 Å². The molecule has 0 saturated heterocycles. The normalized spacial score (nSPS) is 12.5. The molecule has 0 radical (unpaired) electrons. The van der Waals surface area contributed by atoms with Crippen LogP contribution >= 0.6 is 0 Å². The van der Waals surface area contributed by atoms with Gasteiger partial charge in [-0.05, 0) is 75.4 Å². The molecule has 2 aromatic carbocycles. The van der Waals surface area contributed by atoms with Crippen molar-refractivity contribution >= 4 is 22.8 Å². The molecule has 0 aliphatic carbocycles. The minimum Gasteiger partial charge on any atom is -0.251 e. The van der Waals surface area contributed by atoms with Crippen LogP contribution in [0, 0.1) is 20.8 Å². The van der Waals surface area contributed by atoms with Crippen molar-refractivity contribution in [1.82, 2.24) is 4.98 Å². The van der Waals surface area contributed by atoms with Crippen LogP contribution in [0.3, 0.4) is 0 Å². The zero-order valence-electron chi connectivity index (χ0n) is 19.1. The third-order valence-corrected chi connectivity index (χ3v) is 5.30. The van der Waals surface area contributed by atoms with Crippen LogP contribution in [0.2, 0.25) is 0 Å². The molecule has 0 aliphatic heterocycles. The van der Waals surface area contributed by atoms with Crippen molar-refractivity contribution in [2.75, 3.05) is 0 Å². The third-order valence-electron chi connectivity index (χ3n) is 5.30. The van der Waals surface area contributed by atoms with Crippen LogP contribution < -0.4 is 0 Å². The topological polar surface area (TPSA) is 37.6 Å². The molecular formula is C27H31N3. The van der Waals surface area contributed by atoms with Gasteiger partial charge in [-0.2, -0.15) is 0 Å². The van der Waals surface area contributed by atoms with Crippen molar-refractivity contribution in [3.05, 3.63) is 88.2 Å². The summed E-state index contributed by atoms with van der Waals surface area (Å²) in [7, 11) is 0. The van der Waals surface area contributed by atoms with Gasteiger partial charge in [0.1, 0.15) is 0 Å². The maximum absolute atomic E-state index is 4.92. The fourth-order valence-electron chi connectivity index (χ4n) is 3.52. The maximum atomic E-state index is 4.92. The highest BCUT2D eigenvalue weighted by Gasteiger charge is 2.10. The van der Waals surface area contributed by atoms with Gasteiger partial charge in [0.2, 0.25) is 0 Å². The first-order valence-electron chi connectivity index (χ1n) is 10.5. The predicted molar refractivity (Wildman–Crippen MR) is 129 cm³/mol. The van der Waals surface area contributed by atoms with E-state index in [4.69, 9.17) is 15.0 Å². The Balaban J connectivity index is 1.98. The standard InChI is InChI=1S/C27H31N3/c1-17(2)23-16-18(3)14-15-26(23)28-21(6)24-12-9-13-25(30-24)22(7)29-27-19(4)10-8-11-20(27)5/h8-17H,1-7H3. The van der Waals surface area contributed by atoms with Gasteiger partial charge in [-0.15, -0.1) is 0 Å². The second-order valence-corrected chi connectivity index (χ2v) is 8.26. The number of aliphatic imine (C=N–C) groups is 2. The second-order valence-electron chi connectivity index (χ2n) is 8.26. The first-order valence-corrected chi connectivity index (χ1v) is 10.5. The Hall–Kier alpha value is -3.07. The lowest BCUT2D eigenvalue weighted by Gasteiger charge is -2.12. The van der Waals surface area contributed by atoms with E-state index in [0.29, 0.717) is 5.92 Å². The van der Waals surface area contributed by atoms with E-state index < -0.39 is 0 Å². The van der Waals surface area contributed by atoms with E-state index in [1.807, 2.05) is 32.0 Å². The van der Waals surface area contributed by atoms with Gasteiger partial charge >= 0.3 is 0 Å². The predicted octanol–water partition coefficient (Wildman–Crippen LogP) is 7.41. The number of nitrogens with zero attached hydrogens (tertiary/aromatic N) is 3. The van der Waals surface area contributed by atoms with Crippen LogP contribution in [0.1, 0.15) is 67.3 Å². The highest BCUT2D eigenvalue weighted by molar-refractivity contribution is 6.02. The Labute approximate surface area is 180 Å². The molecule has 0 bridgehead atoms. The fraction of sp³-hybridized carbons (Fsp3) is 0.296. The van der Waals surface area contributed by atoms with Crippen molar-refractivity contribution in [2.24, 2.45) is 9.98 Å². The summed E-state index contributed by atoms with van der Waals surface area (Å²) in [6, 6.07) is 18.7. The molecule has 1 aromatic heterocycles. The van der Waals surface area contributed by atoms with Crippen molar-refractivity contribution < 1.29 is 0 Å². The van der Waals surface area contributed by atoms with Gasteiger partial charge in [0.05, 0.1) is 34.2 Å². The SMILES string of the molecule is CC(=Nc1ccc(C)cc1C(C)C)c1cccc(C(C)=Nc2c(C)cccc2C)n1. The maximum Gasteiger partial charge on any atom is 0.0849 e. The Morgan fingerprint density at radius 2 is 1.33 bits per heavy atom. The first kappa shape index (κ1) is 21.6. The molecule has 0 spiro atoms. The summed E-state index contributed by atoms with van der Waals surface area (Å²) >= 11 is 0. The average molecular weight is 398 g/mol. The Morgan fingerprint density at radius 3 is 1.93 bits per heavy atom. The molecule has 3 rings (SSSR count). The van der Waals surface area contributed by atoms with Crippen molar-refractivity contribution in [2.45, 2.75) is 54.4 Å². The molecule has 0 saturated carbocycles. The fourth-order valence-corrected chi connectivity index (χ4v) is 3.52. The number of hydrogen-bond donors (Lipinski definition) is 0. The molecule has 0 atom stereocenters. The Kier molecular flexibility index (Phi) is 6.61. The lowest BCUT2D eigenvalue weighted by atomic mass is 9.99. The van der Waals surface area contributed by atoms with Gasteiger partial charge < -0.3 is 0 Å². The summed E-state index contributed by atoms with van der Waals surface area (Å²) in [5.41, 5.74) is 10.5. The van der Waals surface area contributed by atoms with E-state index in [0.717, 1.165) is 34.2 Å². The number of aryl methyl sites for hydroxylation is 3. The Bertz CT molecular complexity index is 1100. The zero-order chi connectivity index (χ0) is 21.8. The highest BCUT2D eigenvalue weighted by atomic mass is 14.8. The molecule has 30 heavy (non-hydrogen) atoms. The number of aromatic nitrogens is 1. The van der Waals surface area contributed by atoms with Crippen LogP contribution in [0.4, 0.5) is 11.4 Å². The van der Waals surface area contributed by atoms with E-state index in [1.54, 1.807) is 0 Å². The number of hydrogen-bond acceptors (Lipinski definition) is 3. The lowest BCUT2D eigenvalue weighted by Crippen LogP contribution is -2.05.